The molecule has 30 heavy (non-hydrogen) atoms. The second-order valence-electron chi connectivity index (χ2n) is 7.63. The summed E-state index contributed by atoms with van der Waals surface area (Å²) < 4.78 is 5.07. The molecule has 1 aliphatic rings. The third-order valence-electron chi connectivity index (χ3n) is 5.30. The number of amides is 2. The number of ether oxygens (including phenoxy) is 1. The molecule has 1 heterocycles. The van der Waals surface area contributed by atoms with Crippen molar-refractivity contribution < 1.29 is 19.1 Å². The summed E-state index contributed by atoms with van der Waals surface area (Å²) in [5.74, 6) is -0.259. The molecule has 0 aromatic heterocycles. The molecule has 1 aliphatic heterocycles. The van der Waals surface area contributed by atoms with Crippen molar-refractivity contribution in [3.8, 4) is 0 Å². The van der Waals surface area contributed by atoms with Crippen LogP contribution in [0.2, 0.25) is 0 Å². The highest BCUT2D eigenvalue weighted by molar-refractivity contribution is 5.95. The van der Waals surface area contributed by atoms with E-state index in [1.54, 1.807) is 17.9 Å². The number of nitrogens with zero attached hydrogens (tertiary/aromatic N) is 2. The lowest BCUT2D eigenvalue weighted by atomic mass is 9.97. The number of nitrogens with one attached hydrogen (secondary N) is 1. The van der Waals surface area contributed by atoms with Gasteiger partial charge < -0.3 is 19.9 Å². The third kappa shape index (κ3) is 6.75. The minimum atomic E-state index is -0.163. The molecule has 0 atom stereocenters. The van der Waals surface area contributed by atoms with Crippen molar-refractivity contribution in [2.24, 2.45) is 5.92 Å². The zero-order valence-corrected chi connectivity index (χ0v) is 18.5. The highest BCUT2D eigenvalue weighted by atomic mass is 16.5. The molecule has 0 spiro atoms. The standard InChI is InChI=1S/C23H35N3O4/c1-4-12-26(13-5-2)22(28)19-8-7-9-20(16-19)24-17-21(27)25-14-10-18(11-15-25)23(29)30-6-3/h7-9,16,18,24H,4-6,10-15,17H2,1-3H3. The Hall–Kier alpha value is -2.57. The van der Waals surface area contributed by atoms with Crippen LogP contribution in [0.15, 0.2) is 24.3 Å². The van der Waals surface area contributed by atoms with Crippen molar-refractivity contribution in [3.63, 3.8) is 0 Å². The number of rotatable bonds is 10. The zero-order valence-electron chi connectivity index (χ0n) is 18.5. The van der Waals surface area contributed by atoms with Crippen molar-refractivity contribution in [2.75, 3.05) is 44.6 Å². The van der Waals surface area contributed by atoms with Crippen LogP contribution >= 0.6 is 0 Å². The summed E-state index contributed by atoms with van der Waals surface area (Å²) in [5, 5.41) is 3.14. The SMILES string of the molecule is CCCN(CCC)C(=O)c1cccc(NCC(=O)N2CCC(C(=O)OCC)CC2)c1. The smallest absolute Gasteiger partial charge is 0.309 e. The van der Waals surface area contributed by atoms with Crippen LogP contribution in [0, 0.1) is 5.92 Å². The van der Waals surface area contributed by atoms with Crippen molar-refractivity contribution in [1.82, 2.24) is 9.80 Å². The van der Waals surface area contributed by atoms with E-state index in [0.29, 0.717) is 38.1 Å². The van der Waals surface area contributed by atoms with Gasteiger partial charge in [-0.25, -0.2) is 0 Å². The molecule has 0 radical (unpaired) electrons. The topological polar surface area (TPSA) is 79.0 Å². The Kier molecular flexibility index (Phi) is 9.64. The van der Waals surface area contributed by atoms with E-state index in [0.717, 1.165) is 31.6 Å². The number of hydrogen-bond donors (Lipinski definition) is 1. The van der Waals surface area contributed by atoms with E-state index in [4.69, 9.17) is 4.74 Å². The monoisotopic (exact) mass is 417 g/mol. The van der Waals surface area contributed by atoms with Gasteiger partial charge in [-0.05, 0) is 50.8 Å². The van der Waals surface area contributed by atoms with E-state index in [2.05, 4.69) is 19.2 Å². The fourth-order valence-corrected chi connectivity index (χ4v) is 3.71. The molecule has 0 unspecified atom stereocenters. The van der Waals surface area contributed by atoms with Crippen molar-refractivity contribution >= 4 is 23.5 Å². The molecule has 0 aliphatic carbocycles. The number of piperidine rings is 1. The van der Waals surface area contributed by atoms with Gasteiger partial charge >= 0.3 is 5.97 Å². The number of likely N-dealkylation sites (tertiary alicyclic amines) is 1. The van der Waals surface area contributed by atoms with Gasteiger partial charge in [-0.15, -0.1) is 0 Å². The molecular formula is C23H35N3O4. The molecule has 1 saturated heterocycles. The number of carbonyl (C=O) groups is 3. The molecule has 2 rings (SSSR count). The maximum absolute atomic E-state index is 12.8. The van der Waals surface area contributed by atoms with Crippen LogP contribution in [-0.4, -0.2) is 66.9 Å². The number of carbonyl (C=O) groups excluding carboxylic acids is 3. The predicted octanol–water partition coefficient (Wildman–Crippen LogP) is 3.16. The van der Waals surface area contributed by atoms with Gasteiger partial charge in [0.2, 0.25) is 5.91 Å². The second-order valence-corrected chi connectivity index (χ2v) is 7.63. The Morgan fingerprint density at radius 3 is 2.37 bits per heavy atom. The Bertz CT molecular complexity index is 708. The van der Waals surface area contributed by atoms with E-state index >= 15 is 0 Å². The predicted molar refractivity (Wildman–Crippen MR) is 117 cm³/mol. The van der Waals surface area contributed by atoms with Crippen LogP contribution in [0.1, 0.15) is 56.8 Å². The normalized spacial score (nSPS) is 14.3. The minimum Gasteiger partial charge on any atom is -0.466 e. The Morgan fingerprint density at radius 2 is 1.77 bits per heavy atom. The van der Waals surface area contributed by atoms with Crippen LogP contribution < -0.4 is 5.32 Å². The molecule has 7 nitrogen and oxygen atoms in total. The van der Waals surface area contributed by atoms with Crippen LogP contribution in [0.3, 0.4) is 0 Å². The van der Waals surface area contributed by atoms with Gasteiger partial charge in [0.1, 0.15) is 0 Å². The number of hydrogen-bond acceptors (Lipinski definition) is 5. The molecule has 1 aromatic carbocycles. The lowest BCUT2D eigenvalue weighted by molar-refractivity contribution is -0.151. The zero-order chi connectivity index (χ0) is 21.9. The van der Waals surface area contributed by atoms with Crippen LogP contribution in [0.5, 0.6) is 0 Å². The van der Waals surface area contributed by atoms with E-state index in [-0.39, 0.29) is 30.2 Å². The molecule has 7 heteroatoms. The van der Waals surface area contributed by atoms with E-state index in [9.17, 15) is 14.4 Å². The van der Waals surface area contributed by atoms with Crippen LogP contribution in [0.4, 0.5) is 5.69 Å². The Balaban J connectivity index is 1.87. The molecule has 1 N–H and O–H groups in total. The van der Waals surface area contributed by atoms with Gasteiger partial charge in [0.15, 0.2) is 0 Å². The van der Waals surface area contributed by atoms with Crippen LogP contribution in [-0.2, 0) is 14.3 Å². The molecule has 0 bridgehead atoms. The molecule has 1 fully saturated rings. The first kappa shape index (κ1) is 23.7. The van der Waals surface area contributed by atoms with E-state index in [1.165, 1.54) is 0 Å². The highest BCUT2D eigenvalue weighted by Gasteiger charge is 2.28. The summed E-state index contributed by atoms with van der Waals surface area (Å²) in [7, 11) is 0. The lowest BCUT2D eigenvalue weighted by Gasteiger charge is -2.31. The van der Waals surface area contributed by atoms with Crippen molar-refractivity contribution in [3.05, 3.63) is 29.8 Å². The van der Waals surface area contributed by atoms with Crippen molar-refractivity contribution in [2.45, 2.75) is 46.5 Å². The Morgan fingerprint density at radius 1 is 1.10 bits per heavy atom. The summed E-state index contributed by atoms with van der Waals surface area (Å²) >= 11 is 0. The van der Waals surface area contributed by atoms with E-state index in [1.807, 2.05) is 23.1 Å². The largest absolute Gasteiger partial charge is 0.466 e. The third-order valence-corrected chi connectivity index (χ3v) is 5.30. The molecule has 0 saturated carbocycles. The average molecular weight is 418 g/mol. The summed E-state index contributed by atoms with van der Waals surface area (Å²) in [6.07, 6.45) is 3.12. The first-order chi connectivity index (χ1) is 14.5. The quantitative estimate of drug-likeness (QED) is 0.592. The second kappa shape index (κ2) is 12.2. The lowest BCUT2D eigenvalue weighted by Crippen LogP contribution is -2.43. The van der Waals surface area contributed by atoms with Crippen molar-refractivity contribution in [1.29, 1.82) is 0 Å². The van der Waals surface area contributed by atoms with E-state index < -0.39 is 0 Å². The fraction of sp³-hybridized carbons (Fsp3) is 0.609. The highest BCUT2D eigenvalue weighted by Crippen LogP contribution is 2.19. The van der Waals surface area contributed by atoms with Gasteiger partial charge in [-0.3, -0.25) is 14.4 Å². The summed E-state index contributed by atoms with van der Waals surface area (Å²) in [6.45, 7) is 9.08. The number of esters is 1. The molecule has 2 amide bonds. The Labute approximate surface area is 179 Å². The number of benzene rings is 1. The summed E-state index contributed by atoms with van der Waals surface area (Å²) in [4.78, 5) is 40.8. The first-order valence-electron chi connectivity index (χ1n) is 11.1. The fourth-order valence-electron chi connectivity index (χ4n) is 3.71. The first-order valence-corrected chi connectivity index (χ1v) is 11.1. The van der Waals surface area contributed by atoms with Gasteiger partial charge in [0.25, 0.3) is 5.91 Å². The maximum atomic E-state index is 12.8. The summed E-state index contributed by atoms with van der Waals surface area (Å²) in [5.41, 5.74) is 1.38. The molecular weight excluding hydrogens is 382 g/mol. The maximum Gasteiger partial charge on any atom is 0.309 e. The summed E-state index contributed by atoms with van der Waals surface area (Å²) in [6, 6.07) is 7.32. The average Bonchev–Trinajstić information content (AvgIpc) is 2.77. The van der Waals surface area contributed by atoms with Gasteiger partial charge in [-0.1, -0.05) is 19.9 Å². The van der Waals surface area contributed by atoms with Crippen LogP contribution in [0.25, 0.3) is 0 Å². The van der Waals surface area contributed by atoms with Gasteiger partial charge in [0, 0.05) is 37.4 Å². The molecule has 1 aromatic rings. The van der Waals surface area contributed by atoms with Gasteiger partial charge in [0.05, 0.1) is 19.1 Å². The van der Waals surface area contributed by atoms with Gasteiger partial charge in [-0.2, -0.15) is 0 Å². The molecule has 166 valence electrons. The minimum absolute atomic E-state index is 0.00682. The number of anilines is 1.